The van der Waals surface area contributed by atoms with Crippen LogP contribution in [0.3, 0.4) is 0 Å². The van der Waals surface area contributed by atoms with Crippen LogP contribution in [0.1, 0.15) is 344 Å². The summed E-state index contributed by atoms with van der Waals surface area (Å²) in [5, 5.41) is 20.8. The first kappa shape index (κ1) is 109. The zero-order valence-corrected chi connectivity index (χ0v) is 78.4. The molecule has 128 heavy (non-hydrogen) atoms. The maximum atomic E-state index is 12.1. The molecule has 0 fully saturated rings. The number of unbranched alkanes of at least 4 members (excludes halogenated alkanes) is 32. The fourth-order valence-electron chi connectivity index (χ4n) is 15.5. The first-order chi connectivity index (χ1) is 62.4. The predicted molar refractivity (Wildman–Crippen MR) is 505 cm³/mol. The van der Waals surface area contributed by atoms with E-state index in [-0.39, 0.29) is 83.3 Å². The molecule has 8 rings (SSSR count). The van der Waals surface area contributed by atoms with Gasteiger partial charge in [0.1, 0.15) is 44.4 Å². The number of aromatic amines is 1. The number of ether oxygens (including phenoxy) is 6. The second kappa shape index (κ2) is 68.2. The number of halogens is 2. The highest BCUT2D eigenvalue weighted by Gasteiger charge is 2.44. The maximum Gasteiger partial charge on any atom is 0.306 e. The molecule has 0 unspecified atom stereocenters. The zero-order valence-electron chi connectivity index (χ0n) is 76.9. The summed E-state index contributed by atoms with van der Waals surface area (Å²) < 4.78 is 35.8. The van der Waals surface area contributed by atoms with Gasteiger partial charge < -0.3 is 48.0 Å². The van der Waals surface area contributed by atoms with Gasteiger partial charge in [-0.1, -0.05) is 414 Å². The number of rotatable bonds is 64. The third kappa shape index (κ3) is 43.5. The smallest absolute Gasteiger partial charge is 0.306 e. The van der Waals surface area contributed by atoms with Crippen LogP contribution in [0.15, 0.2) is 207 Å². The number of carboxylic acid groups (broad SMARTS) is 2. The predicted octanol–water partition coefficient (Wildman–Crippen LogP) is 24.2. The Labute approximate surface area is 773 Å². The molecule has 700 valence electrons. The van der Waals surface area contributed by atoms with Gasteiger partial charge in [-0.05, 0) is 55.4 Å². The molecule has 0 saturated carbocycles. The minimum Gasteiger partial charge on any atom is -0.550 e. The van der Waals surface area contributed by atoms with Crippen LogP contribution in [0.2, 0.25) is 10.0 Å². The Morgan fingerprint density at radius 3 is 0.961 bits per heavy atom. The van der Waals surface area contributed by atoms with Crippen LogP contribution in [-0.4, -0.2) is 106 Å². The molecule has 0 aliphatic carbocycles. The van der Waals surface area contributed by atoms with Gasteiger partial charge in [0.25, 0.3) is 0 Å². The van der Waals surface area contributed by atoms with Gasteiger partial charge in [0, 0.05) is 76.3 Å². The Morgan fingerprint density at radius 2 is 0.672 bits per heavy atom. The molecule has 0 bridgehead atoms. The first-order valence-corrected chi connectivity index (χ1v) is 48.4. The van der Waals surface area contributed by atoms with Gasteiger partial charge >= 0.3 is 41.8 Å². The summed E-state index contributed by atoms with van der Waals surface area (Å²) in [6, 6.07) is 57.8. The fourth-order valence-corrected chi connectivity index (χ4v) is 16.0. The minimum atomic E-state index is -1.36. The van der Waals surface area contributed by atoms with Crippen LogP contribution in [0.5, 0.6) is 0 Å². The highest BCUT2D eigenvalue weighted by molar-refractivity contribution is 6.32. The summed E-state index contributed by atoms with van der Waals surface area (Å²) in [4.78, 5) is 101. The van der Waals surface area contributed by atoms with Gasteiger partial charge in [0.05, 0.1) is 25.6 Å². The number of aliphatic carboxylic acids is 2. The molecule has 0 aliphatic heterocycles. The standard InChI is InChI=1S/2C31H56O8.2C22H17ClN2/c2*1-3-5-7-9-11-13-15-17-19-21-29(34)37-25-27(39-31(36)24-23-28(32)33)26-38-30(35)22-20-18-16-14-12-10-8-6-4-2;2*23-21-14-8-7-13-20(21)22(25-16-15-24-17-25,18-9-3-1-4-10-18)19-11-5-2-6-12-19/h2*27H,3-26H2,1-2H3,(H,32,33);2*1-17H. The number of carbonyl (C=O) groups is 8. The lowest BCUT2D eigenvalue weighted by Crippen LogP contribution is -2.57. The van der Waals surface area contributed by atoms with Gasteiger partial charge in [0.15, 0.2) is 17.7 Å². The third-order valence-corrected chi connectivity index (χ3v) is 23.1. The SMILES string of the molecule is CCCCCCCCCCCC(=O)OCC(COC(=O)CCCCCCCCCCC)OC(=O)CCC(=O)O.CCCCCCCCCCCC(=O)OCC(COC(=O)CCCCCCCCCCC)OC(=O)CCC(=O)[O-].Clc1ccccc1C(c1ccccc1)(c1ccccc1)[n+]1cc[nH]c1.Clc1ccccc1C(c1ccccc1)(c1ccccc1)n1ccnc1. The molecule has 6 aromatic carbocycles. The van der Waals surface area contributed by atoms with Crippen LogP contribution in [0.25, 0.3) is 0 Å². The van der Waals surface area contributed by atoms with Crippen molar-refractivity contribution in [2.24, 2.45) is 0 Å². The second-order valence-corrected chi connectivity index (χ2v) is 33.7. The van der Waals surface area contributed by atoms with Crippen molar-refractivity contribution in [3.8, 4) is 0 Å². The molecule has 8 aromatic rings. The lowest BCUT2D eigenvalue weighted by atomic mass is 9.76. The van der Waals surface area contributed by atoms with Gasteiger partial charge in [-0.25, -0.2) is 9.55 Å². The highest BCUT2D eigenvalue weighted by atomic mass is 35.5. The molecule has 2 heterocycles. The molecule has 0 spiro atoms. The number of hydrogen-bond acceptors (Lipinski definition) is 16. The number of carboxylic acids is 2. The topological polar surface area (TPSA) is 273 Å². The lowest BCUT2D eigenvalue weighted by Gasteiger charge is -2.37. The van der Waals surface area contributed by atoms with Crippen molar-refractivity contribution in [3.63, 3.8) is 0 Å². The van der Waals surface area contributed by atoms with E-state index in [2.05, 4.69) is 156 Å². The Morgan fingerprint density at radius 1 is 0.375 bits per heavy atom. The number of hydrogen-bond donors (Lipinski definition) is 2. The lowest BCUT2D eigenvalue weighted by molar-refractivity contribution is -0.733. The average molecular weight is 1800 g/mol. The highest BCUT2D eigenvalue weighted by Crippen LogP contribution is 2.44. The summed E-state index contributed by atoms with van der Waals surface area (Å²) in [7, 11) is 0. The van der Waals surface area contributed by atoms with E-state index < -0.39 is 65.5 Å². The molecule has 2 aromatic heterocycles. The van der Waals surface area contributed by atoms with Crippen molar-refractivity contribution in [1.82, 2.24) is 14.5 Å². The number of H-pyrrole nitrogens is 1. The molecule has 20 nitrogen and oxygen atoms in total. The molecular formula is C106H146Cl2N4O16. The van der Waals surface area contributed by atoms with Crippen molar-refractivity contribution in [2.75, 3.05) is 26.4 Å². The normalized spacial score (nSPS) is 11.1. The van der Waals surface area contributed by atoms with Gasteiger partial charge in [-0.15, -0.1) is 0 Å². The largest absolute Gasteiger partial charge is 0.550 e. The Balaban J connectivity index is 0.000000307. The number of esters is 6. The van der Waals surface area contributed by atoms with E-state index in [0.717, 1.165) is 120 Å². The van der Waals surface area contributed by atoms with Crippen LogP contribution >= 0.6 is 23.2 Å². The second-order valence-electron chi connectivity index (χ2n) is 32.9. The van der Waals surface area contributed by atoms with Crippen LogP contribution in [0, 0.1) is 0 Å². The van der Waals surface area contributed by atoms with Crippen molar-refractivity contribution >= 4 is 71.0 Å². The van der Waals surface area contributed by atoms with Gasteiger partial charge in [0.2, 0.25) is 6.33 Å². The fraction of sp³-hybridized carbons (Fsp3) is 0.528. The summed E-state index contributed by atoms with van der Waals surface area (Å²) in [6.07, 6.45) is 50.5. The van der Waals surface area contributed by atoms with Crippen molar-refractivity contribution in [2.45, 2.75) is 333 Å². The molecular weight excluding hydrogens is 1660 g/mol. The van der Waals surface area contributed by atoms with Crippen molar-refractivity contribution in [1.29, 1.82) is 0 Å². The Hall–Kier alpha value is -9.92. The molecule has 22 heteroatoms. The van der Waals surface area contributed by atoms with E-state index >= 15 is 0 Å². The minimum absolute atomic E-state index is 0.222. The van der Waals surface area contributed by atoms with Crippen LogP contribution in [0.4, 0.5) is 0 Å². The average Bonchev–Trinajstić information content (AvgIpc) is 1.18. The molecule has 0 saturated heterocycles. The van der Waals surface area contributed by atoms with Crippen LogP contribution in [-0.2, 0) is 77.9 Å². The summed E-state index contributed by atoms with van der Waals surface area (Å²) >= 11 is 13.4. The van der Waals surface area contributed by atoms with Gasteiger partial charge in [-0.2, -0.15) is 0 Å². The van der Waals surface area contributed by atoms with E-state index in [9.17, 15) is 43.5 Å². The van der Waals surface area contributed by atoms with E-state index in [1.807, 2.05) is 91.9 Å². The van der Waals surface area contributed by atoms with Crippen molar-refractivity contribution < 1.29 is 81.6 Å². The van der Waals surface area contributed by atoms with Gasteiger partial charge in [-0.3, -0.25) is 38.5 Å². The molecule has 0 radical (unpaired) electrons. The number of aromatic nitrogens is 4. The quantitative estimate of drug-likeness (QED) is 0.0118. The maximum absolute atomic E-state index is 12.1. The number of imidazole rings is 2. The first-order valence-electron chi connectivity index (χ1n) is 47.6. The summed E-state index contributed by atoms with van der Waals surface area (Å²) in [6.45, 7) is 7.90. The molecule has 2 N–H and O–H groups in total. The number of carbonyl (C=O) groups excluding carboxylic acids is 7. The molecule has 0 amide bonds. The third-order valence-electron chi connectivity index (χ3n) is 22.4. The van der Waals surface area contributed by atoms with Crippen LogP contribution < -0.4 is 9.67 Å². The van der Waals surface area contributed by atoms with E-state index in [0.29, 0.717) is 0 Å². The number of benzene rings is 6. The Bertz CT molecular complexity index is 3820. The molecule has 0 aliphatic rings. The van der Waals surface area contributed by atoms with Crippen molar-refractivity contribution in [3.05, 3.63) is 251 Å². The number of nitrogens with zero attached hydrogens (tertiary/aromatic N) is 3. The van der Waals surface area contributed by atoms with E-state index in [1.54, 1.807) is 6.20 Å². The molecule has 0 atom stereocenters. The zero-order chi connectivity index (χ0) is 92.2. The Kier molecular flexibility index (Phi) is 57.9. The van der Waals surface area contributed by atoms with E-state index in [4.69, 9.17) is 56.7 Å². The summed E-state index contributed by atoms with van der Waals surface area (Å²) in [5.41, 5.74) is 5.49. The number of nitrogens with one attached hydrogen (secondary N) is 1. The summed E-state index contributed by atoms with van der Waals surface area (Å²) in [5.74, 6) is -5.52. The van der Waals surface area contributed by atoms with E-state index in [1.165, 1.54) is 154 Å². The monoisotopic (exact) mass is 1800 g/mol.